The van der Waals surface area contributed by atoms with E-state index in [1.807, 2.05) is 0 Å². The van der Waals surface area contributed by atoms with Crippen molar-refractivity contribution in [1.29, 1.82) is 0 Å². The molecule has 0 radical (unpaired) electrons. The summed E-state index contributed by atoms with van der Waals surface area (Å²) < 4.78 is 9.24. The number of aliphatic hydroxyl groups is 4. The Bertz CT molecular complexity index is 229. The van der Waals surface area contributed by atoms with Crippen molar-refractivity contribution in [1.82, 2.24) is 0 Å². The van der Waals surface area contributed by atoms with E-state index < -0.39 is 43.1 Å². The van der Waals surface area contributed by atoms with Crippen molar-refractivity contribution in [2.24, 2.45) is 0 Å². The Morgan fingerprint density at radius 1 is 1.27 bits per heavy atom. The molecule has 1 fully saturated rings. The van der Waals surface area contributed by atoms with Crippen molar-refractivity contribution in [2.45, 2.75) is 30.5 Å². The molecule has 0 aromatic carbocycles. The summed E-state index contributed by atoms with van der Waals surface area (Å²) >= 11 is 0. The topological polar surface area (TPSA) is 116 Å². The lowest BCUT2D eigenvalue weighted by atomic mass is 9.95. The van der Waals surface area contributed by atoms with E-state index in [1.165, 1.54) is 0 Å². The highest BCUT2D eigenvalue weighted by molar-refractivity contribution is 5.75. The number of hydrogen-bond donors (Lipinski definition) is 4. The molecule has 1 saturated heterocycles. The van der Waals surface area contributed by atoms with E-state index >= 15 is 0 Å². The van der Waals surface area contributed by atoms with Gasteiger partial charge in [0, 0.05) is 0 Å². The number of methoxy groups -OCH3 is 1. The normalized spacial score (nSPS) is 41.3. The summed E-state index contributed by atoms with van der Waals surface area (Å²) in [5.74, 6) is -0.869. The minimum Gasteiger partial charge on any atom is -0.467 e. The Kier molecular flexibility index (Phi) is 4.00. The molecule has 0 saturated carbocycles. The van der Waals surface area contributed by atoms with Gasteiger partial charge in [-0.05, 0) is 0 Å². The van der Waals surface area contributed by atoms with E-state index in [0.717, 1.165) is 7.11 Å². The average molecular weight is 222 g/mol. The molecule has 0 aromatic rings. The first kappa shape index (κ1) is 12.3. The molecule has 0 aromatic heterocycles. The van der Waals surface area contributed by atoms with Gasteiger partial charge in [-0.15, -0.1) is 0 Å². The molecule has 1 rings (SSSR count). The molecule has 1 unspecified atom stereocenters. The zero-order valence-electron chi connectivity index (χ0n) is 8.11. The van der Waals surface area contributed by atoms with Crippen LogP contribution in [0.25, 0.3) is 0 Å². The Balaban J connectivity index is 2.78. The van der Waals surface area contributed by atoms with Gasteiger partial charge < -0.3 is 29.9 Å². The van der Waals surface area contributed by atoms with E-state index in [2.05, 4.69) is 4.74 Å². The molecule has 1 aliphatic heterocycles. The van der Waals surface area contributed by atoms with Crippen LogP contribution in [-0.4, -0.2) is 70.6 Å². The van der Waals surface area contributed by atoms with Crippen LogP contribution in [0.2, 0.25) is 0 Å². The molecule has 0 aliphatic carbocycles. The highest BCUT2D eigenvalue weighted by atomic mass is 16.6. The van der Waals surface area contributed by atoms with E-state index in [0.29, 0.717) is 0 Å². The molecule has 15 heavy (non-hydrogen) atoms. The molecule has 88 valence electrons. The van der Waals surface area contributed by atoms with Gasteiger partial charge >= 0.3 is 5.97 Å². The summed E-state index contributed by atoms with van der Waals surface area (Å²) in [5.41, 5.74) is 0. The van der Waals surface area contributed by atoms with Crippen LogP contribution in [0.3, 0.4) is 0 Å². The molecule has 4 N–H and O–H groups in total. The zero-order chi connectivity index (χ0) is 11.6. The fourth-order valence-electron chi connectivity index (χ4n) is 1.41. The second kappa shape index (κ2) is 4.86. The maximum absolute atomic E-state index is 11.1. The molecule has 0 spiro atoms. The summed E-state index contributed by atoms with van der Waals surface area (Å²) in [7, 11) is 1.10. The third-order valence-corrected chi connectivity index (χ3v) is 2.33. The van der Waals surface area contributed by atoms with E-state index in [-0.39, 0.29) is 0 Å². The van der Waals surface area contributed by atoms with Crippen molar-refractivity contribution in [3.05, 3.63) is 0 Å². The first-order valence-electron chi connectivity index (χ1n) is 4.41. The summed E-state index contributed by atoms with van der Waals surface area (Å²) in [5, 5.41) is 36.9. The monoisotopic (exact) mass is 222 g/mol. The van der Waals surface area contributed by atoms with Gasteiger partial charge in [-0.25, -0.2) is 4.79 Å². The number of hydrogen-bond acceptors (Lipinski definition) is 7. The Morgan fingerprint density at radius 2 is 1.87 bits per heavy atom. The molecular weight excluding hydrogens is 208 g/mol. The first-order chi connectivity index (χ1) is 7.02. The van der Waals surface area contributed by atoms with Crippen molar-refractivity contribution in [2.75, 3.05) is 13.7 Å². The van der Waals surface area contributed by atoms with Crippen LogP contribution >= 0.6 is 0 Å². The highest BCUT2D eigenvalue weighted by Crippen LogP contribution is 2.21. The van der Waals surface area contributed by atoms with Crippen LogP contribution in [0.15, 0.2) is 0 Å². The summed E-state index contributed by atoms with van der Waals surface area (Å²) in [6.45, 7) is -0.571. The Hall–Kier alpha value is -0.730. The number of aliphatic hydroxyl groups excluding tert-OH is 4. The predicted molar refractivity (Wildman–Crippen MR) is 45.8 cm³/mol. The van der Waals surface area contributed by atoms with Crippen molar-refractivity contribution >= 4 is 5.97 Å². The Morgan fingerprint density at radius 3 is 2.33 bits per heavy atom. The van der Waals surface area contributed by atoms with Crippen molar-refractivity contribution < 1.29 is 34.7 Å². The number of rotatable bonds is 2. The van der Waals surface area contributed by atoms with Crippen LogP contribution in [0, 0.1) is 0 Å². The maximum Gasteiger partial charge on any atom is 0.337 e. The Labute approximate surface area is 85.9 Å². The summed E-state index contributed by atoms with van der Waals surface area (Å²) in [6.07, 6.45) is -7.08. The van der Waals surface area contributed by atoms with Gasteiger partial charge in [0.15, 0.2) is 6.10 Å². The van der Waals surface area contributed by atoms with Gasteiger partial charge in [-0.2, -0.15) is 0 Å². The SMILES string of the molecule is COC(=O)[C@@H]1OC(CO)[C@@H](O)[C@H](O)[C@H]1O. The van der Waals surface area contributed by atoms with Crippen LogP contribution < -0.4 is 0 Å². The predicted octanol–water partition coefficient (Wildman–Crippen LogP) is -3.00. The van der Waals surface area contributed by atoms with Crippen molar-refractivity contribution in [3.63, 3.8) is 0 Å². The maximum atomic E-state index is 11.1. The second-order valence-corrected chi connectivity index (χ2v) is 3.27. The fourth-order valence-corrected chi connectivity index (χ4v) is 1.41. The van der Waals surface area contributed by atoms with E-state index in [1.54, 1.807) is 0 Å². The highest BCUT2D eigenvalue weighted by Gasteiger charge is 2.46. The molecule has 0 amide bonds. The van der Waals surface area contributed by atoms with Crippen LogP contribution in [-0.2, 0) is 14.3 Å². The van der Waals surface area contributed by atoms with Crippen LogP contribution in [0.1, 0.15) is 0 Å². The van der Waals surface area contributed by atoms with Crippen LogP contribution in [0.4, 0.5) is 0 Å². The molecule has 1 heterocycles. The quantitative estimate of drug-likeness (QED) is 0.368. The zero-order valence-corrected chi connectivity index (χ0v) is 8.11. The summed E-state index contributed by atoms with van der Waals surface area (Å²) in [4.78, 5) is 11.1. The first-order valence-corrected chi connectivity index (χ1v) is 4.41. The average Bonchev–Trinajstić information content (AvgIpc) is 2.25. The van der Waals surface area contributed by atoms with Crippen LogP contribution in [0.5, 0.6) is 0 Å². The minimum absolute atomic E-state index is 0.571. The van der Waals surface area contributed by atoms with Gasteiger partial charge in [-0.3, -0.25) is 0 Å². The van der Waals surface area contributed by atoms with Gasteiger partial charge in [0.05, 0.1) is 13.7 Å². The third-order valence-electron chi connectivity index (χ3n) is 2.33. The summed E-state index contributed by atoms with van der Waals surface area (Å²) in [6, 6.07) is 0. The number of ether oxygens (including phenoxy) is 2. The smallest absolute Gasteiger partial charge is 0.337 e. The van der Waals surface area contributed by atoms with Gasteiger partial charge in [-0.1, -0.05) is 0 Å². The third kappa shape index (κ3) is 2.27. The molecule has 7 nitrogen and oxygen atoms in total. The van der Waals surface area contributed by atoms with Crippen molar-refractivity contribution in [3.8, 4) is 0 Å². The van der Waals surface area contributed by atoms with Gasteiger partial charge in [0.25, 0.3) is 0 Å². The minimum atomic E-state index is -1.57. The number of carbonyl (C=O) groups excluding carboxylic acids is 1. The molecule has 1 aliphatic rings. The van der Waals surface area contributed by atoms with Gasteiger partial charge in [0.1, 0.15) is 24.4 Å². The second-order valence-electron chi connectivity index (χ2n) is 3.27. The number of esters is 1. The molecular formula is C8H14O7. The largest absolute Gasteiger partial charge is 0.467 e. The molecule has 7 heteroatoms. The molecule has 0 bridgehead atoms. The van der Waals surface area contributed by atoms with Gasteiger partial charge in [0.2, 0.25) is 0 Å². The fraction of sp³-hybridized carbons (Fsp3) is 0.875. The number of carbonyl (C=O) groups is 1. The van der Waals surface area contributed by atoms with E-state index in [4.69, 9.17) is 9.84 Å². The van der Waals surface area contributed by atoms with E-state index in [9.17, 15) is 20.1 Å². The lowest BCUT2D eigenvalue weighted by Crippen LogP contribution is -2.60. The lowest BCUT2D eigenvalue weighted by molar-refractivity contribution is -0.234. The lowest BCUT2D eigenvalue weighted by Gasteiger charge is -2.38. The standard InChI is InChI=1S/C8H14O7/c1-14-8(13)7-6(12)5(11)4(10)3(2-9)15-7/h3-7,9-12H,2H2,1H3/t3?,4-,5+,6-,7-/m1/s1. The molecule has 5 atom stereocenters.